The highest BCUT2D eigenvalue weighted by Crippen LogP contribution is 2.37. The first-order chi connectivity index (χ1) is 17.5. The largest absolute Gasteiger partial charge is 0.618 e. The highest BCUT2D eigenvalue weighted by molar-refractivity contribution is 5.89. The first kappa shape index (κ1) is 23.4. The Hall–Kier alpha value is -4.33. The number of rotatable bonds is 8. The molecule has 182 valence electrons. The van der Waals surface area contributed by atoms with Gasteiger partial charge in [0.1, 0.15) is 5.82 Å². The van der Waals surface area contributed by atoms with Gasteiger partial charge in [0.15, 0.2) is 11.5 Å². The van der Waals surface area contributed by atoms with E-state index in [0.29, 0.717) is 23.8 Å². The average molecular weight is 480 g/mol. The summed E-state index contributed by atoms with van der Waals surface area (Å²) in [5, 5.41) is 27.7. The number of imidazole rings is 1. The van der Waals surface area contributed by atoms with Gasteiger partial charge in [0.2, 0.25) is 5.69 Å². The number of benzene rings is 2. The van der Waals surface area contributed by atoms with Gasteiger partial charge in [-0.25, -0.2) is 10.1 Å². The van der Waals surface area contributed by atoms with E-state index in [-0.39, 0.29) is 0 Å². The van der Waals surface area contributed by atoms with Crippen LogP contribution in [0.5, 0.6) is 0 Å². The second kappa shape index (κ2) is 10.1. The Kier molecular flexibility index (Phi) is 6.58. The third-order valence-corrected chi connectivity index (χ3v) is 6.39. The number of unbranched alkanes of at least 4 members (excludes halogenated alkanes) is 1. The molecule has 36 heavy (non-hydrogen) atoms. The summed E-state index contributed by atoms with van der Waals surface area (Å²) in [4.78, 5) is 4.74. The number of aromatic amines is 1. The summed E-state index contributed by atoms with van der Waals surface area (Å²) >= 11 is 0. The first-order valence-corrected chi connectivity index (χ1v) is 12.2. The molecule has 0 spiro atoms. The summed E-state index contributed by atoms with van der Waals surface area (Å²) in [5.41, 5.74) is 6.98. The van der Waals surface area contributed by atoms with E-state index in [1.807, 2.05) is 56.3 Å². The lowest BCUT2D eigenvalue weighted by Crippen LogP contribution is -2.32. The van der Waals surface area contributed by atoms with Crippen LogP contribution in [0.25, 0.3) is 33.8 Å². The van der Waals surface area contributed by atoms with Crippen molar-refractivity contribution in [3.63, 3.8) is 0 Å². The lowest BCUT2D eigenvalue weighted by Gasteiger charge is -2.16. The number of pyridine rings is 1. The molecular formula is C28H29N7O. The van der Waals surface area contributed by atoms with E-state index in [2.05, 4.69) is 56.5 Å². The predicted molar refractivity (Wildman–Crippen MR) is 139 cm³/mol. The zero-order valence-electron chi connectivity index (χ0n) is 20.8. The van der Waals surface area contributed by atoms with E-state index in [9.17, 15) is 5.21 Å². The summed E-state index contributed by atoms with van der Waals surface area (Å²) in [6.07, 6.45) is 5.28. The van der Waals surface area contributed by atoms with Crippen LogP contribution >= 0.6 is 0 Å². The third kappa shape index (κ3) is 4.62. The van der Waals surface area contributed by atoms with Gasteiger partial charge in [-0.05, 0) is 52.6 Å². The first-order valence-electron chi connectivity index (χ1n) is 12.2. The Balaban J connectivity index is 1.65. The molecule has 0 fully saturated rings. The van der Waals surface area contributed by atoms with E-state index >= 15 is 0 Å². The van der Waals surface area contributed by atoms with Crippen LogP contribution in [0.1, 0.15) is 42.5 Å². The summed E-state index contributed by atoms with van der Waals surface area (Å²) in [5.74, 6) is 1.67. The zero-order valence-corrected chi connectivity index (χ0v) is 20.8. The summed E-state index contributed by atoms with van der Waals surface area (Å²) in [6.45, 7) is 6.73. The van der Waals surface area contributed by atoms with E-state index in [4.69, 9.17) is 4.98 Å². The number of tetrazole rings is 1. The highest BCUT2D eigenvalue weighted by Gasteiger charge is 2.20. The van der Waals surface area contributed by atoms with E-state index in [0.717, 1.165) is 63.3 Å². The van der Waals surface area contributed by atoms with Crippen molar-refractivity contribution in [2.45, 2.75) is 46.6 Å². The van der Waals surface area contributed by atoms with Crippen molar-refractivity contribution in [3.05, 3.63) is 94.8 Å². The molecule has 8 heteroatoms. The van der Waals surface area contributed by atoms with Gasteiger partial charge in [-0.15, -0.1) is 5.10 Å². The summed E-state index contributed by atoms with van der Waals surface area (Å²) in [7, 11) is 0. The Morgan fingerprint density at radius 1 is 0.944 bits per heavy atom. The van der Waals surface area contributed by atoms with Gasteiger partial charge in [0.05, 0.1) is 11.3 Å². The van der Waals surface area contributed by atoms with Crippen LogP contribution in [0.2, 0.25) is 0 Å². The maximum absolute atomic E-state index is 13.2. The minimum atomic E-state index is 0.578. The van der Waals surface area contributed by atoms with Crippen molar-refractivity contribution in [2.75, 3.05) is 0 Å². The highest BCUT2D eigenvalue weighted by atomic mass is 16.5. The molecule has 0 bridgehead atoms. The Bertz CT molecular complexity index is 1490. The molecule has 8 nitrogen and oxygen atoms in total. The monoisotopic (exact) mass is 479 g/mol. The van der Waals surface area contributed by atoms with Crippen molar-refractivity contribution < 1.29 is 4.73 Å². The fraction of sp³-hybridized carbons (Fsp3) is 0.250. The lowest BCUT2D eigenvalue weighted by molar-refractivity contribution is -0.600. The smallest absolute Gasteiger partial charge is 0.224 e. The van der Waals surface area contributed by atoms with Crippen LogP contribution < -0.4 is 4.73 Å². The number of aryl methyl sites for hydroxylation is 3. The Morgan fingerprint density at radius 2 is 1.75 bits per heavy atom. The molecule has 0 saturated heterocycles. The lowest BCUT2D eigenvalue weighted by atomic mass is 9.91. The zero-order chi connectivity index (χ0) is 25.1. The Labute approximate surface area is 210 Å². The third-order valence-electron chi connectivity index (χ3n) is 6.39. The SMILES string of the molecule is CCCCc1nc(C)cn1Cc1ccc(-c2ccccc2-c2nnn[nH]2)c(-c2cccc(C)[n+]2[O-])c1. The second-order valence-corrected chi connectivity index (χ2v) is 9.05. The molecule has 0 amide bonds. The number of nitrogens with one attached hydrogen (secondary N) is 1. The molecule has 0 saturated carbocycles. The molecule has 0 atom stereocenters. The van der Waals surface area contributed by atoms with Crippen molar-refractivity contribution in [3.8, 4) is 33.8 Å². The van der Waals surface area contributed by atoms with Crippen LogP contribution in [0.15, 0.2) is 66.9 Å². The van der Waals surface area contributed by atoms with Crippen molar-refractivity contribution >= 4 is 0 Å². The maximum atomic E-state index is 13.2. The number of aromatic nitrogens is 7. The van der Waals surface area contributed by atoms with Crippen molar-refractivity contribution in [1.29, 1.82) is 0 Å². The van der Waals surface area contributed by atoms with Gasteiger partial charge in [-0.2, -0.15) is 4.73 Å². The molecule has 1 N–H and O–H groups in total. The summed E-state index contributed by atoms with van der Waals surface area (Å²) in [6, 6.07) is 19.9. The van der Waals surface area contributed by atoms with Crippen LogP contribution in [-0.4, -0.2) is 30.2 Å². The minimum Gasteiger partial charge on any atom is -0.618 e. The molecule has 5 rings (SSSR count). The van der Waals surface area contributed by atoms with Gasteiger partial charge in [0, 0.05) is 43.8 Å². The molecule has 0 radical (unpaired) electrons. The van der Waals surface area contributed by atoms with Gasteiger partial charge < -0.3 is 9.77 Å². The second-order valence-electron chi connectivity index (χ2n) is 9.05. The quantitative estimate of drug-likeness (QED) is 0.248. The van der Waals surface area contributed by atoms with Gasteiger partial charge in [0.25, 0.3) is 0 Å². The van der Waals surface area contributed by atoms with Gasteiger partial charge in [-0.3, -0.25) is 0 Å². The fourth-order valence-corrected chi connectivity index (χ4v) is 4.60. The molecular weight excluding hydrogens is 450 g/mol. The molecule has 3 aromatic heterocycles. The topological polar surface area (TPSA) is 99.2 Å². The number of hydrogen-bond acceptors (Lipinski definition) is 5. The maximum Gasteiger partial charge on any atom is 0.224 e. The molecule has 0 aliphatic rings. The van der Waals surface area contributed by atoms with Crippen LogP contribution in [0.3, 0.4) is 0 Å². The number of H-pyrrole nitrogens is 1. The average Bonchev–Trinajstić information content (AvgIpc) is 3.54. The standard InChI is InChI=1S/C28H29N7O/c1-4-5-13-27-29-19(2)17-34(27)18-21-14-15-23(25(16-21)26-12-8-9-20(3)35(26)36)22-10-6-7-11-24(22)28-30-32-33-31-28/h6-12,14-17H,4-5,13,18H2,1-3H3,(H,30,31,32,33). The minimum absolute atomic E-state index is 0.578. The van der Waals surface area contributed by atoms with Crippen molar-refractivity contribution in [2.24, 2.45) is 0 Å². The van der Waals surface area contributed by atoms with Crippen molar-refractivity contribution in [1.82, 2.24) is 30.2 Å². The van der Waals surface area contributed by atoms with Gasteiger partial charge >= 0.3 is 0 Å². The molecule has 0 unspecified atom stereocenters. The van der Waals surface area contributed by atoms with Crippen LogP contribution in [-0.2, 0) is 13.0 Å². The van der Waals surface area contributed by atoms with Crippen LogP contribution in [0, 0.1) is 19.1 Å². The van der Waals surface area contributed by atoms with E-state index in [1.165, 1.54) is 0 Å². The number of nitrogens with zero attached hydrogens (tertiary/aromatic N) is 6. The molecule has 3 heterocycles. The molecule has 5 aromatic rings. The molecule has 2 aromatic carbocycles. The summed E-state index contributed by atoms with van der Waals surface area (Å²) < 4.78 is 3.22. The predicted octanol–water partition coefficient (Wildman–Crippen LogP) is 5.04. The normalized spacial score (nSPS) is 11.2. The molecule has 0 aliphatic heterocycles. The molecule has 0 aliphatic carbocycles. The number of hydrogen-bond donors (Lipinski definition) is 1. The van der Waals surface area contributed by atoms with E-state index in [1.54, 1.807) is 0 Å². The van der Waals surface area contributed by atoms with E-state index < -0.39 is 0 Å². The fourth-order valence-electron chi connectivity index (χ4n) is 4.60. The van der Waals surface area contributed by atoms with Gasteiger partial charge in [-0.1, -0.05) is 49.7 Å². The van der Waals surface area contributed by atoms with Crippen LogP contribution in [0.4, 0.5) is 0 Å². The Morgan fingerprint density at radius 3 is 2.53 bits per heavy atom.